The summed E-state index contributed by atoms with van der Waals surface area (Å²) in [4.78, 5) is 15.2. The predicted molar refractivity (Wildman–Crippen MR) is 126 cm³/mol. The van der Waals surface area contributed by atoms with Gasteiger partial charge in [-0.2, -0.15) is 0 Å². The quantitative estimate of drug-likeness (QED) is 0.692. The van der Waals surface area contributed by atoms with Gasteiger partial charge in [0, 0.05) is 32.2 Å². The highest BCUT2D eigenvalue weighted by atomic mass is 32.2. The van der Waals surface area contributed by atoms with Crippen LogP contribution in [0.3, 0.4) is 0 Å². The van der Waals surface area contributed by atoms with Crippen molar-refractivity contribution in [2.45, 2.75) is 44.2 Å². The maximum atomic E-state index is 13.2. The minimum absolute atomic E-state index is 0.0170. The van der Waals surface area contributed by atoms with Gasteiger partial charge in [-0.25, -0.2) is 13.1 Å². The minimum atomic E-state index is -3.22. The Kier molecular flexibility index (Phi) is 6.98. The molecule has 1 saturated heterocycles. The zero-order valence-electron chi connectivity index (χ0n) is 18.8. The Morgan fingerprint density at radius 3 is 2.56 bits per heavy atom. The molecule has 7 heteroatoms. The van der Waals surface area contributed by atoms with Crippen molar-refractivity contribution in [1.29, 1.82) is 0 Å². The molecule has 0 radical (unpaired) electrons. The van der Waals surface area contributed by atoms with E-state index in [4.69, 9.17) is 4.74 Å². The fourth-order valence-electron chi connectivity index (χ4n) is 4.81. The van der Waals surface area contributed by atoms with Gasteiger partial charge in [-0.3, -0.25) is 4.79 Å². The smallest absolute Gasteiger partial charge is 0.226 e. The first kappa shape index (κ1) is 23.0. The molecule has 0 bridgehead atoms. The molecule has 0 aromatic heterocycles. The van der Waals surface area contributed by atoms with Gasteiger partial charge in [-0.1, -0.05) is 48.5 Å². The largest absolute Gasteiger partial charge is 0.380 e. The molecule has 1 amide bonds. The Morgan fingerprint density at radius 2 is 1.84 bits per heavy atom. The van der Waals surface area contributed by atoms with Crippen molar-refractivity contribution >= 4 is 15.9 Å². The molecular formula is C25H32N2O4S. The molecule has 3 atom stereocenters. The van der Waals surface area contributed by atoms with E-state index in [2.05, 4.69) is 41.1 Å². The van der Waals surface area contributed by atoms with Gasteiger partial charge in [-0.05, 0) is 53.9 Å². The highest BCUT2D eigenvalue weighted by Gasteiger charge is 2.46. The Morgan fingerprint density at radius 1 is 1.09 bits per heavy atom. The van der Waals surface area contributed by atoms with E-state index in [0.717, 1.165) is 30.4 Å². The van der Waals surface area contributed by atoms with Crippen LogP contribution < -0.4 is 4.72 Å². The Balaban J connectivity index is 1.43. The van der Waals surface area contributed by atoms with Crippen LogP contribution in [0.1, 0.15) is 42.7 Å². The molecule has 32 heavy (non-hydrogen) atoms. The van der Waals surface area contributed by atoms with Crippen molar-refractivity contribution in [3.63, 3.8) is 0 Å². The monoisotopic (exact) mass is 456 g/mol. The average Bonchev–Trinajstić information content (AvgIpc) is 3.58. The minimum Gasteiger partial charge on any atom is -0.380 e. The Bertz CT molecular complexity index is 1050. The van der Waals surface area contributed by atoms with Crippen molar-refractivity contribution in [2.75, 3.05) is 26.5 Å². The molecule has 4 rings (SSSR count). The van der Waals surface area contributed by atoms with Gasteiger partial charge < -0.3 is 9.64 Å². The standard InChI is InChI=1S/C25H32N2O4S/c1-31-17-18-9-11-19(12-10-18)21-7-3-4-8-22(21)23-16-24(23)25(28)27-14-5-6-20(13-15-27)26-32(2,29)30/h3-4,7-12,20,23-24,26H,5-6,13-17H2,1-2H3/t20-,23+,24-/m1/s1. The number of nitrogens with zero attached hydrogens (tertiary/aromatic N) is 1. The van der Waals surface area contributed by atoms with E-state index in [1.54, 1.807) is 7.11 Å². The van der Waals surface area contributed by atoms with Gasteiger partial charge in [0.1, 0.15) is 0 Å². The first-order valence-electron chi connectivity index (χ1n) is 11.3. The van der Waals surface area contributed by atoms with Crippen LogP contribution in [-0.4, -0.2) is 51.7 Å². The van der Waals surface area contributed by atoms with Crippen molar-refractivity contribution in [3.05, 3.63) is 59.7 Å². The van der Waals surface area contributed by atoms with Gasteiger partial charge in [-0.15, -0.1) is 0 Å². The van der Waals surface area contributed by atoms with Crippen LogP contribution in [0.5, 0.6) is 0 Å². The number of carbonyl (C=O) groups excluding carboxylic acids is 1. The Labute approximate surface area is 191 Å². The van der Waals surface area contributed by atoms with Gasteiger partial charge in [0.25, 0.3) is 0 Å². The molecule has 0 spiro atoms. The third-order valence-electron chi connectivity index (χ3n) is 6.46. The van der Waals surface area contributed by atoms with Gasteiger partial charge in [0.15, 0.2) is 0 Å². The van der Waals surface area contributed by atoms with Crippen LogP contribution in [0.25, 0.3) is 11.1 Å². The molecule has 1 saturated carbocycles. The summed E-state index contributed by atoms with van der Waals surface area (Å²) in [6.45, 7) is 1.90. The van der Waals surface area contributed by atoms with Crippen LogP contribution >= 0.6 is 0 Å². The summed E-state index contributed by atoms with van der Waals surface area (Å²) in [7, 11) is -1.53. The fourth-order valence-corrected chi connectivity index (χ4v) is 5.66. The number of nitrogens with one attached hydrogen (secondary N) is 1. The second kappa shape index (κ2) is 9.73. The first-order valence-corrected chi connectivity index (χ1v) is 13.2. The van der Waals surface area contributed by atoms with E-state index >= 15 is 0 Å². The van der Waals surface area contributed by atoms with Crippen molar-refractivity contribution < 1.29 is 17.9 Å². The van der Waals surface area contributed by atoms with Crippen molar-refractivity contribution in [2.24, 2.45) is 5.92 Å². The fraction of sp³-hybridized carbons (Fsp3) is 0.480. The number of sulfonamides is 1. The summed E-state index contributed by atoms with van der Waals surface area (Å²) in [6.07, 6.45) is 4.32. The number of rotatable bonds is 7. The second-order valence-electron chi connectivity index (χ2n) is 9.01. The van der Waals surface area contributed by atoms with Gasteiger partial charge in [0.2, 0.25) is 15.9 Å². The number of hydrogen-bond donors (Lipinski definition) is 1. The summed E-state index contributed by atoms with van der Waals surface area (Å²) >= 11 is 0. The molecule has 2 aliphatic rings. The molecule has 2 fully saturated rings. The van der Waals surface area contributed by atoms with E-state index in [1.807, 2.05) is 17.0 Å². The number of ether oxygens (including phenoxy) is 1. The topological polar surface area (TPSA) is 75.7 Å². The van der Waals surface area contributed by atoms with E-state index in [9.17, 15) is 13.2 Å². The van der Waals surface area contributed by atoms with Crippen LogP contribution in [0.4, 0.5) is 0 Å². The van der Waals surface area contributed by atoms with Crippen LogP contribution in [0.15, 0.2) is 48.5 Å². The van der Waals surface area contributed by atoms with Crippen LogP contribution in [0, 0.1) is 5.92 Å². The summed E-state index contributed by atoms with van der Waals surface area (Å²) in [6, 6.07) is 16.7. The third kappa shape index (κ3) is 5.57. The third-order valence-corrected chi connectivity index (χ3v) is 7.23. The molecule has 1 heterocycles. The van der Waals surface area contributed by atoms with E-state index in [1.165, 1.54) is 17.4 Å². The van der Waals surface area contributed by atoms with Crippen molar-refractivity contribution in [1.82, 2.24) is 9.62 Å². The molecular weight excluding hydrogens is 424 g/mol. The maximum Gasteiger partial charge on any atom is 0.226 e. The molecule has 6 nitrogen and oxygen atoms in total. The van der Waals surface area contributed by atoms with Gasteiger partial charge in [0.05, 0.1) is 12.9 Å². The lowest BCUT2D eigenvalue weighted by molar-refractivity contribution is -0.132. The van der Waals surface area contributed by atoms with Gasteiger partial charge >= 0.3 is 0 Å². The van der Waals surface area contributed by atoms with E-state index < -0.39 is 10.0 Å². The van der Waals surface area contributed by atoms with E-state index in [0.29, 0.717) is 26.1 Å². The summed E-state index contributed by atoms with van der Waals surface area (Å²) in [5, 5.41) is 0. The molecule has 1 N–H and O–H groups in total. The van der Waals surface area contributed by atoms with Crippen LogP contribution in [-0.2, 0) is 26.2 Å². The Hall–Kier alpha value is -2.22. The molecule has 1 aliphatic heterocycles. The number of methoxy groups -OCH3 is 1. The lowest BCUT2D eigenvalue weighted by atomic mass is 9.95. The lowest BCUT2D eigenvalue weighted by Gasteiger charge is -2.21. The summed E-state index contributed by atoms with van der Waals surface area (Å²) in [5.41, 5.74) is 4.71. The van der Waals surface area contributed by atoms with E-state index in [-0.39, 0.29) is 23.8 Å². The molecule has 172 valence electrons. The number of likely N-dealkylation sites (tertiary alicyclic amines) is 1. The lowest BCUT2D eigenvalue weighted by Crippen LogP contribution is -2.36. The number of amides is 1. The summed E-state index contributed by atoms with van der Waals surface area (Å²) in [5.74, 6) is 0.467. The zero-order valence-corrected chi connectivity index (χ0v) is 19.6. The molecule has 1 aliphatic carbocycles. The molecule has 2 aromatic rings. The highest BCUT2D eigenvalue weighted by molar-refractivity contribution is 7.88. The number of benzene rings is 2. The zero-order chi connectivity index (χ0) is 22.7. The van der Waals surface area contributed by atoms with Crippen molar-refractivity contribution in [3.8, 4) is 11.1 Å². The predicted octanol–water partition coefficient (Wildman–Crippen LogP) is 3.53. The second-order valence-corrected chi connectivity index (χ2v) is 10.8. The highest BCUT2D eigenvalue weighted by Crippen LogP contribution is 2.51. The first-order chi connectivity index (χ1) is 15.4. The number of hydrogen-bond acceptors (Lipinski definition) is 4. The average molecular weight is 457 g/mol. The van der Waals surface area contributed by atoms with Crippen LogP contribution in [0.2, 0.25) is 0 Å². The molecule has 0 unspecified atom stereocenters. The normalized spacial score (nSPS) is 23.6. The number of carbonyl (C=O) groups is 1. The maximum absolute atomic E-state index is 13.2. The SMILES string of the molecule is COCc1ccc(-c2ccccc2[C@@H]2C[C@H]2C(=O)N2CCC[C@@H](NS(C)(=O)=O)CC2)cc1. The summed E-state index contributed by atoms with van der Waals surface area (Å²) < 4.78 is 31.0. The molecule has 2 aromatic carbocycles.